The zero-order valence-corrected chi connectivity index (χ0v) is 66.3. The number of anilines is 5. The second-order valence-electron chi connectivity index (χ2n) is 29.0. The molecule has 2 N–H and O–H groups in total. The van der Waals surface area contributed by atoms with Gasteiger partial charge in [0.2, 0.25) is 0 Å². The van der Waals surface area contributed by atoms with Gasteiger partial charge in [0, 0.05) is 123 Å². The third-order valence-electron chi connectivity index (χ3n) is 21.2. The lowest BCUT2D eigenvalue weighted by Gasteiger charge is -2.30. The van der Waals surface area contributed by atoms with Gasteiger partial charge in [-0.15, -0.1) is 11.3 Å². The van der Waals surface area contributed by atoms with Gasteiger partial charge in [0.1, 0.15) is 24.7 Å². The first-order valence-electron chi connectivity index (χ1n) is 38.8. The number of aryl methyl sites for hydroxylation is 7. The minimum absolute atomic E-state index is 0.774. The molecule has 0 saturated heterocycles. The number of hydrogen-bond donors (Lipinski definition) is 2. The van der Waals surface area contributed by atoms with E-state index in [4.69, 9.17) is 9.47 Å². The predicted molar refractivity (Wildman–Crippen MR) is 469 cm³/mol. The fourth-order valence-corrected chi connectivity index (χ4v) is 16.0. The molecule has 1 fully saturated rings. The highest BCUT2D eigenvalue weighted by Crippen LogP contribution is 2.47. The number of hydrogen-bond acceptors (Lipinski definition) is 9. The molecule has 2 unspecified atom stereocenters. The highest BCUT2D eigenvalue weighted by Gasteiger charge is 2.37. The zero-order valence-electron chi connectivity index (χ0n) is 65.5. The average Bonchev–Trinajstić information content (AvgIpc) is 1.63. The summed E-state index contributed by atoms with van der Waals surface area (Å²) in [6.07, 6.45) is 11.4. The van der Waals surface area contributed by atoms with Crippen LogP contribution in [0.4, 0.5) is 28.4 Å². The number of ether oxygens (including phenoxy) is 2. The van der Waals surface area contributed by atoms with Crippen molar-refractivity contribution in [2.75, 3.05) is 92.5 Å². The number of nitrogens with zero attached hydrogens (tertiary/aromatic N) is 6. The molecule has 10 nitrogen and oxygen atoms in total. The maximum Gasteiger partial charge on any atom is 0.142 e. The Balaban J connectivity index is 0.000000113. The molecule has 0 amide bonds. The number of aromatic amines is 1. The summed E-state index contributed by atoms with van der Waals surface area (Å²) in [5, 5.41) is 9.95. The highest BCUT2D eigenvalue weighted by atomic mass is 32.1. The Morgan fingerprint density at radius 1 is 0.422 bits per heavy atom. The lowest BCUT2D eigenvalue weighted by atomic mass is 9.82. The lowest BCUT2D eigenvalue weighted by Crippen LogP contribution is -2.32. The van der Waals surface area contributed by atoms with Gasteiger partial charge < -0.3 is 43.9 Å². The van der Waals surface area contributed by atoms with E-state index < -0.39 is 0 Å². The van der Waals surface area contributed by atoms with Crippen LogP contribution < -0.4 is 34.4 Å². The Labute approximate surface area is 651 Å². The summed E-state index contributed by atoms with van der Waals surface area (Å²) in [6.45, 7) is 16.4. The molecule has 15 aromatic rings. The van der Waals surface area contributed by atoms with E-state index in [9.17, 15) is 0 Å². The number of H-pyrrole nitrogens is 1. The number of nitrogens with one attached hydrogen (secondary N) is 2. The van der Waals surface area contributed by atoms with Crippen molar-refractivity contribution < 1.29 is 9.47 Å². The topological polar surface area (TPSA) is 77.1 Å². The van der Waals surface area contributed by atoms with E-state index in [0.29, 0.717) is 0 Å². The molecule has 3 aromatic heterocycles. The van der Waals surface area contributed by atoms with Crippen molar-refractivity contribution in [3.63, 3.8) is 0 Å². The molecule has 5 aliphatic heterocycles. The van der Waals surface area contributed by atoms with Crippen LogP contribution in [-0.4, -0.2) is 88.2 Å². The Morgan fingerprint density at radius 2 is 0.991 bits per heavy atom. The second-order valence-corrected chi connectivity index (χ2v) is 29.9. The highest BCUT2D eigenvalue weighted by molar-refractivity contribution is 7.16. The minimum atomic E-state index is 0.774. The summed E-state index contributed by atoms with van der Waals surface area (Å²) in [6, 6.07) is 98.0. The molecule has 12 aromatic carbocycles. The number of likely N-dealkylation sites (N-methyl/N-ethyl adjacent to an activating group) is 3. The van der Waals surface area contributed by atoms with Crippen LogP contribution in [0.3, 0.4) is 0 Å². The Bertz CT molecular complexity index is 5240. The van der Waals surface area contributed by atoms with Crippen LogP contribution in [0.5, 0.6) is 11.5 Å². The Morgan fingerprint density at radius 3 is 1.69 bits per heavy atom. The number of fused-ring (bicyclic) bond motifs is 13. The Hall–Kier alpha value is -11.3. The van der Waals surface area contributed by atoms with Crippen molar-refractivity contribution in [2.45, 2.75) is 91.5 Å². The number of para-hydroxylation sites is 8. The van der Waals surface area contributed by atoms with Crippen molar-refractivity contribution in [3.05, 3.63) is 335 Å². The SMILES string of the molecule is CN1CCCc2ccccc21.CN1CCOc2ccccc21.CN1CCc2ccccc21.CN1c2ccccc2C2CCCCC21.Cc1c[nH]c2ccccc12.Cc1ccc2c(c1)OCCN2.Cc1ccc2ncsc2c1.Cc1cccc2ccccc12.Cc1ccccc1.Cn1c2ccccc2c2ccccc21. The van der Waals surface area contributed by atoms with Gasteiger partial charge in [-0.1, -0.05) is 225 Å². The van der Waals surface area contributed by atoms with Crippen LogP contribution in [0.15, 0.2) is 291 Å². The van der Waals surface area contributed by atoms with Crippen LogP contribution in [-0.2, 0) is 19.9 Å². The van der Waals surface area contributed by atoms with E-state index in [2.05, 4.69) is 346 Å². The summed E-state index contributed by atoms with van der Waals surface area (Å²) in [7, 11) is 10.8. The fraction of sp³-hybridized carbons (Fsp3) is 0.255. The molecule has 109 heavy (non-hydrogen) atoms. The standard InChI is InChI=1S/C13H17N.C13H11N.C11H10.C10H13N.2C9H11NO.C9H11N.C9H9N.C8H7NS.C7H8/c2*1-14-12-8-4-2-6-10(12)11-7-3-5-9-13(11)14;1-9-5-4-7-10-6-2-3-8-11(9)10;1-11-8-4-6-9-5-2-3-7-10(9)11;1-7-2-3-8-9(6-7)11-5-4-10-8;1-10-6-7-11-9-5-3-2-4-8(9)10;1-10-7-6-8-4-2-3-5-9(8)10;1-7-6-10-9-5-3-2-4-8(7)9;1-6-2-3-7-8(4-6)10-5-9-7;1-7-5-3-2-4-6-7/h2,4,6,8,11,13H,3,5,7,9H2,1H3;2-9H,1H3;2-8H,1H3;2-3,5,7H,4,6,8H2,1H3;2-3,6,10H,4-5H2,1H3;2-5H,6-7H2,1H3;2-5H,6-7H2,1H3;2-6,10H,1H3;2-5H,1H3;2-6H,1H3. The van der Waals surface area contributed by atoms with Gasteiger partial charge in [-0.3, -0.25) is 0 Å². The molecule has 21 rings (SSSR count). The van der Waals surface area contributed by atoms with Crippen LogP contribution >= 0.6 is 11.3 Å². The van der Waals surface area contributed by atoms with Gasteiger partial charge in [-0.05, 0) is 189 Å². The van der Waals surface area contributed by atoms with Gasteiger partial charge >= 0.3 is 0 Å². The molecule has 1 aliphatic carbocycles. The van der Waals surface area contributed by atoms with Gasteiger partial charge in [0.05, 0.1) is 33.6 Å². The number of rotatable bonds is 0. The van der Waals surface area contributed by atoms with Crippen molar-refractivity contribution in [3.8, 4) is 11.5 Å². The number of benzene rings is 12. The van der Waals surface area contributed by atoms with Crippen LogP contribution in [0.2, 0.25) is 0 Å². The first kappa shape index (κ1) is 77.3. The van der Waals surface area contributed by atoms with Gasteiger partial charge in [0.15, 0.2) is 0 Å². The van der Waals surface area contributed by atoms with Crippen LogP contribution in [0, 0.1) is 34.6 Å². The predicted octanol–water partition coefficient (Wildman–Crippen LogP) is 23.8. The Kier molecular flexibility index (Phi) is 27.3. The van der Waals surface area contributed by atoms with Crippen molar-refractivity contribution >= 4 is 93.5 Å². The van der Waals surface area contributed by atoms with Gasteiger partial charge in [0.25, 0.3) is 0 Å². The third-order valence-corrected chi connectivity index (χ3v) is 22.0. The number of thiazole rings is 1. The lowest BCUT2D eigenvalue weighted by molar-refractivity contribution is 0.311. The maximum atomic E-state index is 5.45. The van der Waals surface area contributed by atoms with Crippen molar-refractivity contribution in [1.82, 2.24) is 14.5 Å². The first-order chi connectivity index (χ1) is 53.3. The van der Waals surface area contributed by atoms with Crippen molar-refractivity contribution in [2.24, 2.45) is 7.05 Å². The molecule has 8 heterocycles. The van der Waals surface area contributed by atoms with E-state index >= 15 is 0 Å². The van der Waals surface area contributed by atoms with Gasteiger partial charge in [-0.2, -0.15) is 0 Å². The molecule has 11 heteroatoms. The van der Waals surface area contributed by atoms with Crippen LogP contribution in [0.25, 0.3) is 53.7 Å². The maximum absolute atomic E-state index is 5.45. The summed E-state index contributed by atoms with van der Waals surface area (Å²) >= 11 is 1.69. The first-order valence-corrected chi connectivity index (χ1v) is 39.6. The second kappa shape index (κ2) is 38.5. The monoisotopic (exact) mass is 1460 g/mol. The van der Waals surface area contributed by atoms with E-state index in [0.717, 1.165) is 61.0 Å². The largest absolute Gasteiger partial charge is 0.490 e. The summed E-state index contributed by atoms with van der Waals surface area (Å²) in [5.74, 6) is 2.81. The smallest absolute Gasteiger partial charge is 0.142 e. The molecule has 0 bridgehead atoms. The fourth-order valence-electron chi connectivity index (χ4n) is 15.2. The molecule has 0 radical (unpaired) electrons. The molecule has 0 spiro atoms. The molecule has 2 atom stereocenters. The summed E-state index contributed by atoms with van der Waals surface area (Å²) in [5.41, 5.74) is 24.5. The summed E-state index contributed by atoms with van der Waals surface area (Å²) in [4.78, 5) is 16.7. The normalized spacial score (nSPS) is 14.9. The van der Waals surface area contributed by atoms with E-state index in [-0.39, 0.29) is 0 Å². The summed E-state index contributed by atoms with van der Waals surface area (Å²) < 4.78 is 14.4. The quantitative estimate of drug-likeness (QED) is 0.156. The van der Waals surface area contributed by atoms with Crippen LogP contribution in [0.1, 0.15) is 82.5 Å². The van der Waals surface area contributed by atoms with Crippen molar-refractivity contribution in [1.29, 1.82) is 0 Å². The third kappa shape index (κ3) is 20.3. The van der Waals surface area contributed by atoms with E-state index in [1.165, 1.54) is 168 Å². The van der Waals surface area contributed by atoms with E-state index in [1.54, 1.807) is 16.9 Å². The zero-order chi connectivity index (χ0) is 75.9. The molecule has 1 saturated carbocycles. The molecule has 558 valence electrons. The molecular weight excluding hydrogens is 1350 g/mol. The molecular formula is C98H108N8O2S. The van der Waals surface area contributed by atoms with Gasteiger partial charge in [-0.25, -0.2) is 4.98 Å². The number of aromatic nitrogens is 3. The van der Waals surface area contributed by atoms with E-state index in [1.807, 2.05) is 54.2 Å². The minimum Gasteiger partial charge on any atom is -0.490 e. The average molecular weight is 1460 g/mol. The molecule has 6 aliphatic rings.